The summed E-state index contributed by atoms with van der Waals surface area (Å²) in [4.78, 5) is 29.2. The molecule has 1 aromatic heterocycles. The Morgan fingerprint density at radius 1 is 1.56 bits per heavy atom. The first-order chi connectivity index (χ1) is 8.57. The molecule has 6 heteroatoms. The Kier molecular flexibility index (Phi) is 3.18. The van der Waals surface area contributed by atoms with Crippen LogP contribution in [0.2, 0.25) is 0 Å². The van der Waals surface area contributed by atoms with Crippen molar-refractivity contribution in [1.82, 2.24) is 15.3 Å². The van der Waals surface area contributed by atoms with Crippen molar-refractivity contribution in [3.63, 3.8) is 0 Å². The van der Waals surface area contributed by atoms with E-state index in [1.807, 2.05) is 0 Å². The standard InChI is InChI=1S/C12H15N3O3/c1-2-4-9(16)15-12(5-3-6-12)11-13-7-8(14-11)10(17)18/h2,4,7H,3,5-6H2,1H3,(H,13,14)(H,15,16)(H,17,18)/b4-2+. The lowest BCUT2D eigenvalue weighted by molar-refractivity contribution is -0.119. The van der Waals surface area contributed by atoms with E-state index in [0.717, 1.165) is 19.3 Å². The SMILES string of the molecule is C/C=C/C(=O)NC1(c2ncc(C(=O)O)[nH]2)CCC1. The Bertz CT molecular complexity index is 500. The number of carbonyl (C=O) groups excluding carboxylic acids is 1. The van der Waals surface area contributed by atoms with Crippen LogP contribution in [-0.4, -0.2) is 27.0 Å². The van der Waals surface area contributed by atoms with Gasteiger partial charge in [0.05, 0.1) is 11.7 Å². The number of carbonyl (C=O) groups is 2. The van der Waals surface area contributed by atoms with Gasteiger partial charge in [-0.15, -0.1) is 0 Å². The van der Waals surface area contributed by atoms with Gasteiger partial charge in [0.2, 0.25) is 5.91 Å². The fourth-order valence-corrected chi connectivity index (χ4v) is 2.05. The molecule has 1 amide bonds. The van der Waals surface area contributed by atoms with Crippen molar-refractivity contribution in [3.05, 3.63) is 29.9 Å². The van der Waals surface area contributed by atoms with E-state index in [1.165, 1.54) is 12.3 Å². The molecule has 2 rings (SSSR count). The van der Waals surface area contributed by atoms with E-state index in [4.69, 9.17) is 5.11 Å². The van der Waals surface area contributed by atoms with E-state index >= 15 is 0 Å². The molecule has 1 aliphatic carbocycles. The molecule has 0 atom stereocenters. The molecule has 1 fully saturated rings. The highest BCUT2D eigenvalue weighted by Gasteiger charge is 2.42. The van der Waals surface area contributed by atoms with Crippen molar-refractivity contribution in [3.8, 4) is 0 Å². The number of nitrogens with zero attached hydrogens (tertiary/aromatic N) is 1. The highest BCUT2D eigenvalue weighted by molar-refractivity contribution is 5.88. The van der Waals surface area contributed by atoms with Crippen LogP contribution in [0.3, 0.4) is 0 Å². The third-order valence-electron chi connectivity index (χ3n) is 3.15. The highest BCUT2D eigenvalue weighted by atomic mass is 16.4. The number of hydrogen-bond donors (Lipinski definition) is 3. The summed E-state index contributed by atoms with van der Waals surface area (Å²) in [6, 6.07) is 0. The molecule has 0 bridgehead atoms. The fraction of sp³-hybridized carbons (Fsp3) is 0.417. The molecule has 0 unspecified atom stereocenters. The van der Waals surface area contributed by atoms with Crippen LogP contribution in [0, 0.1) is 0 Å². The minimum atomic E-state index is -1.05. The van der Waals surface area contributed by atoms with Crippen LogP contribution >= 0.6 is 0 Å². The zero-order chi connectivity index (χ0) is 13.2. The summed E-state index contributed by atoms with van der Waals surface area (Å²) in [5.74, 6) is -0.725. The molecule has 3 N–H and O–H groups in total. The Hall–Kier alpha value is -2.11. The predicted molar refractivity (Wildman–Crippen MR) is 64.0 cm³/mol. The first-order valence-corrected chi connectivity index (χ1v) is 5.81. The fourth-order valence-electron chi connectivity index (χ4n) is 2.05. The molecule has 1 heterocycles. The van der Waals surface area contributed by atoms with Crippen molar-refractivity contribution in [2.75, 3.05) is 0 Å². The van der Waals surface area contributed by atoms with Crippen LogP contribution in [0.4, 0.5) is 0 Å². The number of carboxylic acid groups (broad SMARTS) is 1. The van der Waals surface area contributed by atoms with Crippen LogP contribution in [0.5, 0.6) is 0 Å². The average Bonchev–Trinajstić information content (AvgIpc) is 2.73. The van der Waals surface area contributed by atoms with Gasteiger partial charge in [-0.2, -0.15) is 0 Å². The van der Waals surface area contributed by atoms with Gasteiger partial charge in [0.1, 0.15) is 11.5 Å². The highest BCUT2D eigenvalue weighted by Crippen LogP contribution is 2.39. The zero-order valence-corrected chi connectivity index (χ0v) is 10.1. The lowest BCUT2D eigenvalue weighted by Crippen LogP contribution is -2.51. The van der Waals surface area contributed by atoms with Gasteiger partial charge in [0.15, 0.2) is 0 Å². The van der Waals surface area contributed by atoms with E-state index in [1.54, 1.807) is 13.0 Å². The topological polar surface area (TPSA) is 95.1 Å². The average molecular weight is 249 g/mol. The minimum Gasteiger partial charge on any atom is -0.477 e. The Morgan fingerprint density at radius 2 is 2.28 bits per heavy atom. The molecule has 0 spiro atoms. The van der Waals surface area contributed by atoms with Gasteiger partial charge in [0.25, 0.3) is 0 Å². The van der Waals surface area contributed by atoms with E-state index in [0.29, 0.717) is 5.82 Å². The lowest BCUT2D eigenvalue weighted by atomic mass is 9.76. The predicted octanol–water partition coefficient (Wildman–Crippen LogP) is 1.18. The summed E-state index contributed by atoms with van der Waals surface area (Å²) in [7, 11) is 0. The molecule has 0 saturated heterocycles. The summed E-state index contributed by atoms with van der Waals surface area (Å²) in [5.41, 5.74) is -0.499. The van der Waals surface area contributed by atoms with Gasteiger partial charge in [-0.25, -0.2) is 9.78 Å². The third-order valence-corrected chi connectivity index (χ3v) is 3.15. The molecular formula is C12H15N3O3. The second-order valence-corrected chi connectivity index (χ2v) is 4.38. The number of hydrogen-bond acceptors (Lipinski definition) is 3. The van der Waals surface area contributed by atoms with E-state index < -0.39 is 11.5 Å². The number of aromatic nitrogens is 2. The Labute approximate surface area is 104 Å². The normalized spacial score (nSPS) is 17.4. The Morgan fingerprint density at radius 3 is 2.72 bits per heavy atom. The second kappa shape index (κ2) is 4.64. The van der Waals surface area contributed by atoms with Crippen LogP contribution in [0.15, 0.2) is 18.3 Å². The summed E-state index contributed by atoms with van der Waals surface area (Å²) in [5, 5.41) is 11.7. The van der Waals surface area contributed by atoms with Crippen molar-refractivity contribution in [2.45, 2.75) is 31.7 Å². The molecule has 0 radical (unpaired) electrons. The van der Waals surface area contributed by atoms with Gasteiger partial charge in [-0.05, 0) is 32.3 Å². The number of aromatic amines is 1. The molecule has 0 aromatic carbocycles. The van der Waals surface area contributed by atoms with E-state index in [-0.39, 0.29) is 11.6 Å². The number of imidazole rings is 1. The number of allylic oxidation sites excluding steroid dienone is 1. The summed E-state index contributed by atoms with van der Waals surface area (Å²) < 4.78 is 0. The first-order valence-electron chi connectivity index (χ1n) is 5.81. The summed E-state index contributed by atoms with van der Waals surface area (Å²) >= 11 is 0. The number of carboxylic acids is 1. The molecule has 0 aliphatic heterocycles. The van der Waals surface area contributed by atoms with Crippen LogP contribution < -0.4 is 5.32 Å². The zero-order valence-electron chi connectivity index (χ0n) is 10.1. The molecule has 1 aliphatic rings. The number of nitrogens with one attached hydrogen (secondary N) is 2. The van der Waals surface area contributed by atoms with E-state index in [2.05, 4.69) is 15.3 Å². The maximum atomic E-state index is 11.6. The van der Waals surface area contributed by atoms with E-state index in [9.17, 15) is 9.59 Å². The number of H-pyrrole nitrogens is 1. The summed E-state index contributed by atoms with van der Waals surface area (Å²) in [6.07, 6.45) is 6.90. The van der Waals surface area contributed by atoms with Gasteiger partial charge in [-0.1, -0.05) is 6.08 Å². The monoisotopic (exact) mass is 249 g/mol. The van der Waals surface area contributed by atoms with Crippen molar-refractivity contribution in [2.24, 2.45) is 0 Å². The smallest absolute Gasteiger partial charge is 0.353 e. The second-order valence-electron chi connectivity index (χ2n) is 4.38. The van der Waals surface area contributed by atoms with Crippen molar-refractivity contribution < 1.29 is 14.7 Å². The number of amides is 1. The molecule has 1 saturated carbocycles. The maximum Gasteiger partial charge on any atom is 0.353 e. The molecule has 18 heavy (non-hydrogen) atoms. The lowest BCUT2D eigenvalue weighted by Gasteiger charge is -2.40. The van der Waals surface area contributed by atoms with Gasteiger partial charge in [0, 0.05) is 0 Å². The molecule has 1 aromatic rings. The maximum absolute atomic E-state index is 11.6. The Balaban J connectivity index is 2.21. The number of rotatable bonds is 4. The summed E-state index contributed by atoms with van der Waals surface area (Å²) in [6.45, 7) is 1.77. The van der Waals surface area contributed by atoms with Crippen LogP contribution in [-0.2, 0) is 10.3 Å². The molecule has 6 nitrogen and oxygen atoms in total. The van der Waals surface area contributed by atoms with Gasteiger partial charge >= 0.3 is 5.97 Å². The number of aromatic carboxylic acids is 1. The molecule has 96 valence electrons. The quantitative estimate of drug-likeness (QED) is 0.698. The molecular weight excluding hydrogens is 234 g/mol. The van der Waals surface area contributed by atoms with Crippen LogP contribution in [0.25, 0.3) is 0 Å². The van der Waals surface area contributed by atoms with Crippen molar-refractivity contribution >= 4 is 11.9 Å². The van der Waals surface area contributed by atoms with Crippen molar-refractivity contribution in [1.29, 1.82) is 0 Å². The first kappa shape index (κ1) is 12.3. The van der Waals surface area contributed by atoms with Gasteiger partial charge < -0.3 is 15.4 Å². The van der Waals surface area contributed by atoms with Crippen LogP contribution in [0.1, 0.15) is 42.5 Å². The van der Waals surface area contributed by atoms with Gasteiger partial charge in [-0.3, -0.25) is 4.79 Å². The third kappa shape index (κ3) is 2.13. The largest absolute Gasteiger partial charge is 0.477 e. The minimum absolute atomic E-state index is 0.0385.